The molecule has 1 aromatic rings. The molecule has 1 fully saturated rings. The van der Waals surface area contributed by atoms with Gasteiger partial charge in [-0.25, -0.2) is 4.68 Å². The van der Waals surface area contributed by atoms with Crippen LogP contribution in [0.1, 0.15) is 25.8 Å². The number of nitrogens with one attached hydrogen (secondary N) is 1. The van der Waals surface area contributed by atoms with Crippen molar-refractivity contribution in [2.24, 2.45) is 0 Å². The molecule has 2 rings (SSSR count). The molecular weight excluding hydrogens is 242 g/mol. The Morgan fingerprint density at radius 3 is 3.12 bits per heavy atom. The molecule has 0 bridgehead atoms. The maximum absolute atomic E-state index is 11.4. The Hall–Kier alpha value is -1.15. The van der Waals surface area contributed by atoms with Crippen LogP contribution in [0, 0.1) is 0 Å². The van der Waals surface area contributed by atoms with E-state index in [2.05, 4.69) is 20.8 Å². The highest BCUT2D eigenvalue weighted by atomic mass is 32.2. The van der Waals surface area contributed by atoms with E-state index in [9.17, 15) is 4.79 Å². The standard InChI is InChI=1S/C9H15N5O2S/c1-6(15)4-10-8(16)5-17-9-11-12-13-14(9)7-2-3-7/h6-7,15H,2-5H2,1H3,(H,10,16)/t6-/m1/s1. The van der Waals surface area contributed by atoms with Crippen LogP contribution >= 0.6 is 11.8 Å². The van der Waals surface area contributed by atoms with Crippen LogP contribution in [0.25, 0.3) is 0 Å². The first-order valence-corrected chi connectivity index (χ1v) is 6.51. The number of aliphatic hydroxyl groups is 1. The first-order valence-electron chi connectivity index (χ1n) is 5.52. The van der Waals surface area contributed by atoms with E-state index >= 15 is 0 Å². The molecule has 0 radical (unpaired) electrons. The number of rotatable bonds is 6. The van der Waals surface area contributed by atoms with E-state index < -0.39 is 6.10 Å². The van der Waals surface area contributed by atoms with Gasteiger partial charge in [-0.3, -0.25) is 4.79 Å². The summed E-state index contributed by atoms with van der Waals surface area (Å²) in [5.41, 5.74) is 0. The summed E-state index contributed by atoms with van der Waals surface area (Å²) in [6.45, 7) is 1.90. The number of amides is 1. The van der Waals surface area contributed by atoms with Crippen LogP contribution in [-0.2, 0) is 4.79 Å². The summed E-state index contributed by atoms with van der Waals surface area (Å²) in [5, 5.41) is 23.7. The van der Waals surface area contributed by atoms with E-state index in [0.717, 1.165) is 12.8 Å². The van der Waals surface area contributed by atoms with Crippen molar-refractivity contribution in [3.8, 4) is 0 Å². The van der Waals surface area contributed by atoms with Crippen molar-refractivity contribution < 1.29 is 9.90 Å². The fourth-order valence-electron chi connectivity index (χ4n) is 1.27. The Bertz CT molecular complexity index is 390. The maximum Gasteiger partial charge on any atom is 0.230 e. The summed E-state index contributed by atoms with van der Waals surface area (Å²) in [6, 6.07) is 0.410. The topological polar surface area (TPSA) is 92.9 Å². The zero-order valence-corrected chi connectivity index (χ0v) is 10.4. The molecule has 17 heavy (non-hydrogen) atoms. The Morgan fingerprint density at radius 1 is 1.71 bits per heavy atom. The molecule has 1 aliphatic rings. The van der Waals surface area contributed by atoms with Crippen molar-refractivity contribution in [1.82, 2.24) is 25.5 Å². The maximum atomic E-state index is 11.4. The third-order valence-corrected chi connectivity index (χ3v) is 3.22. The molecule has 1 heterocycles. The third kappa shape index (κ3) is 3.67. The minimum Gasteiger partial charge on any atom is -0.392 e. The number of carbonyl (C=O) groups excluding carboxylic acids is 1. The van der Waals surface area contributed by atoms with Gasteiger partial charge in [0, 0.05) is 6.54 Å². The normalized spacial score (nSPS) is 16.8. The Morgan fingerprint density at radius 2 is 2.47 bits per heavy atom. The number of nitrogens with zero attached hydrogens (tertiary/aromatic N) is 4. The molecule has 1 saturated carbocycles. The van der Waals surface area contributed by atoms with E-state index in [1.165, 1.54) is 11.8 Å². The molecule has 1 atom stereocenters. The minimum absolute atomic E-state index is 0.124. The molecule has 94 valence electrons. The summed E-state index contributed by atoms with van der Waals surface area (Å²) in [6.07, 6.45) is 1.68. The largest absolute Gasteiger partial charge is 0.392 e. The van der Waals surface area contributed by atoms with Gasteiger partial charge in [0.05, 0.1) is 17.9 Å². The number of tetrazole rings is 1. The van der Waals surface area contributed by atoms with Gasteiger partial charge < -0.3 is 10.4 Å². The van der Waals surface area contributed by atoms with E-state index in [0.29, 0.717) is 11.2 Å². The highest BCUT2D eigenvalue weighted by Gasteiger charge is 2.28. The third-order valence-electron chi connectivity index (χ3n) is 2.28. The predicted molar refractivity (Wildman–Crippen MR) is 61.5 cm³/mol. The van der Waals surface area contributed by atoms with Crippen molar-refractivity contribution >= 4 is 17.7 Å². The minimum atomic E-state index is -0.527. The van der Waals surface area contributed by atoms with Gasteiger partial charge in [0.2, 0.25) is 11.1 Å². The molecule has 2 N–H and O–H groups in total. The van der Waals surface area contributed by atoms with Crippen molar-refractivity contribution in [2.75, 3.05) is 12.3 Å². The van der Waals surface area contributed by atoms with Gasteiger partial charge in [-0.05, 0) is 30.2 Å². The van der Waals surface area contributed by atoms with Crippen molar-refractivity contribution in [1.29, 1.82) is 0 Å². The zero-order chi connectivity index (χ0) is 12.3. The zero-order valence-electron chi connectivity index (χ0n) is 9.54. The number of carbonyl (C=O) groups is 1. The Kier molecular flexibility index (Phi) is 3.95. The van der Waals surface area contributed by atoms with Crippen LogP contribution in [0.4, 0.5) is 0 Å². The average molecular weight is 257 g/mol. The van der Waals surface area contributed by atoms with Crippen LogP contribution in [0.5, 0.6) is 0 Å². The molecule has 0 unspecified atom stereocenters. The van der Waals surface area contributed by atoms with Gasteiger partial charge in [-0.2, -0.15) is 0 Å². The summed E-state index contributed by atoms with van der Waals surface area (Å²) in [7, 11) is 0. The molecule has 1 aliphatic carbocycles. The van der Waals surface area contributed by atoms with E-state index in [1.807, 2.05) is 0 Å². The van der Waals surface area contributed by atoms with Gasteiger partial charge in [-0.1, -0.05) is 11.8 Å². The predicted octanol–water partition coefficient (Wildman–Crippen LogP) is -0.403. The van der Waals surface area contributed by atoms with Crippen LogP contribution in [0.15, 0.2) is 5.16 Å². The number of thioether (sulfide) groups is 1. The Balaban J connectivity index is 1.77. The number of hydrogen-bond donors (Lipinski definition) is 2. The molecule has 0 saturated heterocycles. The molecule has 1 aromatic heterocycles. The molecular formula is C9H15N5O2S. The van der Waals surface area contributed by atoms with Crippen LogP contribution in [0.2, 0.25) is 0 Å². The first kappa shape index (κ1) is 12.3. The molecule has 0 aromatic carbocycles. The lowest BCUT2D eigenvalue weighted by Gasteiger charge is -2.06. The van der Waals surface area contributed by atoms with Gasteiger partial charge in [0.15, 0.2) is 0 Å². The summed E-state index contributed by atoms with van der Waals surface area (Å²) >= 11 is 1.31. The van der Waals surface area contributed by atoms with Crippen LogP contribution < -0.4 is 5.32 Å². The van der Waals surface area contributed by atoms with E-state index in [4.69, 9.17) is 5.11 Å². The molecule has 0 spiro atoms. The number of hydrogen-bond acceptors (Lipinski definition) is 6. The fourth-order valence-corrected chi connectivity index (χ4v) is 2.05. The van der Waals surface area contributed by atoms with Crippen molar-refractivity contribution in [2.45, 2.75) is 37.1 Å². The lowest BCUT2D eigenvalue weighted by Crippen LogP contribution is -2.31. The van der Waals surface area contributed by atoms with Crippen LogP contribution in [-0.4, -0.2) is 49.6 Å². The molecule has 0 aliphatic heterocycles. The quantitative estimate of drug-likeness (QED) is 0.673. The summed E-state index contributed by atoms with van der Waals surface area (Å²) in [5.74, 6) is 0.140. The van der Waals surface area contributed by atoms with Crippen molar-refractivity contribution in [3.63, 3.8) is 0 Å². The Labute approximate surface area is 103 Å². The van der Waals surface area contributed by atoms with E-state index in [1.54, 1.807) is 11.6 Å². The highest BCUT2D eigenvalue weighted by Crippen LogP contribution is 2.36. The molecule has 1 amide bonds. The van der Waals surface area contributed by atoms with Gasteiger partial charge in [0.25, 0.3) is 0 Å². The second kappa shape index (κ2) is 5.46. The second-order valence-corrected chi connectivity index (χ2v) is 5.02. The summed E-state index contributed by atoms with van der Waals surface area (Å²) in [4.78, 5) is 11.4. The smallest absolute Gasteiger partial charge is 0.230 e. The number of aromatic nitrogens is 4. The monoisotopic (exact) mass is 257 g/mol. The second-order valence-electron chi connectivity index (χ2n) is 4.08. The SMILES string of the molecule is C[C@@H](O)CNC(=O)CSc1nnnn1C1CC1. The fraction of sp³-hybridized carbons (Fsp3) is 0.778. The highest BCUT2D eigenvalue weighted by molar-refractivity contribution is 7.99. The lowest BCUT2D eigenvalue weighted by molar-refractivity contribution is -0.118. The van der Waals surface area contributed by atoms with Gasteiger partial charge in [-0.15, -0.1) is 5.10 Å². The molecule has 8 heteroatoms. The van der Waals surface area contributed by atoms with E-state index in [-0.39, 0.29) is 18.2 Å². The van der Waals surface area contributed by atoms with Gasteiger partial charge in [0.1, 0.15) is 0 Å². The summed E-state index contributed by atoms with van der Waals surface area (Å²) < 4.78 is 1.77. The average Bonchev–Trinajstić information content (AvgIpc) is 3.03. The van der Waals surface area contributed by atoms with Crippen LogP contribution in [0.3, 0.4) is 0 Å². The molecule has 7 nitrogen and oxygen atoms in total. The van der Waals surface area contributed by atoms with Gasteiger partial charge >= 0.3 is 0 Å². The lowest BCUT2D eigenvalue weighted by atomic mass is 10.4. The van der Waals surface area contributed by atoms with Crippen molar-refractivity contribution in [3.05, 3.63) is 0 Å². The first-order chi connectivity index (χ1) is 8.16. The number of aliphatic hydroxyl groups excluding tert-OH is 1.